The van der Waals surface area contributed by atoms with E-state index in [0.29, 0.717) is 11.4 Å². The lowest BCUT2D eigenvalue weighted by atomic mass is 10.1. The molecule has 42 heavy (non-hydrogen) atoms. The van der Waals surface area contributed by atoms with Crippen LogP contribution in [0.2, 0.25) is 0 Å². The summed E-state index contributed by atoms with van der Waals surface area (Å²) in [5.74, 6) is -21.3. The Kier molecular flexibility index (Phi) is 9.78. The Morgan fingerprint density at radius 1 is 0.405 bits per heavy atom. The minimum absolute atomic E-state index is 0.166. The molecule has 0 radical (unpaired) electrons. The first-order valence-electron chi connectivity index (χ1n) is 12.2. The van der Waals surface area contributed by atoms with Gasteiger partial charge in [0, 0.05) is 62.8 Å². The van der Waals surface area contributed by atoms with Crippen molar-refractivity contribution >= 4 is 0 Å². The third kappa shape index (κ3) is 6.71. The van der Waals surface area contributed by atoms with Gasteiger partial charge in [0.2, 0.25) is 11.6 Å². The average molecular weight is 602 g/mol. The van der Waals surface area contributed by atoms with Gasteiger partial charge in [-0.15, -0.1) is 0 Å². The Bertz CT molecular complexity index is 1380. The van der Waals surface area contributed by atoms with Gasteiger partial charge in [-0.25, -0.2) is 43.9 Å². The molecule has 0 spiro atoms. The largest absolute Gasteiger partial charge is 0.292 e. The van der Waals surface area contributed by atoms with Crippen LogP contribution in [0, 0.1) is 58.2 Å². The fourth-order valence-electron chi connectivity index (χ4n) is 4.18. The minimum atomic E-state index is -2.32. The van der Waals surface area contributed by atoms with Crippen LogP contribution in [0.5, 0.6) is 0 Å². The van der Waals surface area contributed by atoms with Crippen LogP contribution in [0.25, 0.3) is 0 Å². The molecule has 4 rings (SSSR count). The summed E-state index contributed by atoms with van der Waals surface area (Å²) in [6, 6.07) is 9.41. The summed E-state index contributed by atoms with van der Waals surface area (Å²) in [4.78, 5) is 10.7. The van der Waals surface area contributed by atoms with Gasteiger partial charge in [0.1, 0.15) is 0 Å². The number of hydrogen-bond donors (Lipinski definition) is 0. The molecule has 4 aromatic rings. The third-order valence-electron chi connectivity index (χ3n) is 6.32. The van der Waals surface area contributed by atoms with Crippen LogP contribution in [0.3, 0.4) is 0 Å². The Labute approximate surface area is 232 Å². The first-order valence-corrected chi connectivity index (χ1v) is 12.2. The lowest BCUT2D eigenvalue weighted by Gasteiger charge is -2.28. The topological polar surface area (TPSA) is 32.3 Å². The van der Waals surface area contributed by atoms with Crippen molar-refractivity contribution in [3.8, 4) is 0 Å². The van der Waals surface area contributed by atoms with E-state index in [2.05, 4.69) is 9.97 Å². The maximum atomic E-state index is 14.5. The molecular formula is C28H20F10N4. The molecule has 0 bridgehead atoms. The van der Waals surface area contributed by atoms with E-state index in [0.717, 1.165) is 0 Å². The maximum Gasteiger partial charge on any atom is 0.200 e. The van der Waals surface area contributed by atoms with Crippen LogP contribution in [-0.4, -0.2) is 32.9 Å². The van der Waals surface area contributed by atoms with Gasteiger partial charge in [0.25, 0.3) is 0 Å². The summed E-state index contributed by atoms with van der Waals surface area (Å²) in [6.45, 7) is -2.41. The summed E-state index contributed by atoms with van der Waals surface area (Å²) in [5, 5.41) is 0. The summed E-state index contributed by atoms with van der Waals surface area (Å²) in [7, 11) is 0. The number of halogens is 10. The van der Waals surface area contributed by atoms with Crippen molar-refractivity contribution in [3.05, 3.63) is 129 Å². The maximum absolute atomic E-state index is 14.5. The van der Waals surface area contributed by atoms with Crippen LogP contribution in [0.1, 0.15) is 22.5 Å². The van der Waals surface area contributed by atoms with E-state index in [-0.39, 0.29) is 26.2 Å². The second kappa shape index (κ2) is 13.3. The number of rotatable bonds is 11. The van der Waals surface area contributed by atoms with Gasteiger partial charge in [0.05, 0.1) is 11.4 Å². The highest BCUT2D eigenvalue weighted by Gasteiger charge is 2.29. The van der Waals surface area contributed by atoms with E-state index in [1.54, 1.807) is 24.3 Å². The number of nitrogens with zero attached hydrogens (tertiary/aromatic N) is 4. The molecule has 2 aromatic heterocycles. The first-order chi connectivity index (χ1) is 20.0. The van der Waals surface area contributed by atoms with E-state index < -0.39 is 82.4 Å². The van der Waals surface area contributed by atoms with Crippen LogP contribution < -0.4 is 0 Å². The molecule has 0 amide bonds. The molecule has 0 saturated heterocycles. The van der Waals surface area contributed by atoms with Gasteiger partial charge in [-0.3, -0.25) is 19.8 Å². The number of aromatic nitrogens is 2. The predicted molar refractivity (Wildman–Crippen MR) is 129 cm³/mol. The van der Waals surface area contributed by atoms with Crippen molar-refractivity contribution in [1.29, 1.82) is 0 Å². The highest BCUT2D eigenvalue weighted by molar-refractivity contribution is 5.25. The normalized spacial score (nSPS) is 11.6. The van der Waals surface area contributed by atoms with Crippen molar-refractivity contribution in [1.82, 2.24) is 19.8 Å². The van der Waals surface area contributed by atoms with Gasteiger partial charge in [-0.2, -0.15) is 0 Å². The zero-order chi connectivity index (χ0) is 30.6. The lowest BCUT2D eigenvalue weighted by molar-refractivity contribution is 0.172. The van der Waals surface area contributed by atoms with Crippen molar-refractivity contribution in [2.24, 2.45) is 0 Å². The van der Waals surface area contributed by atoms with E-state index in [9.17, 15) is 43.9 Å². The third-order valence-corrected chi connectivity index (χ3v) is 6.32. The Morgan fingerprint density at radius 2 is 0.714 bits per heavy atom. The highest BCUT2D eigenvalue weighted by atomic mass is 19.2. The van der Waals surface area contributed by atoms with Crippen molar-refractivity contribution in [2.45, 2.75) is 26.2 Å². The number of pyridine rings is 2. The molecule has 4 nitrogen and oxygen atoms in total. The van der Waals surface area contributed by atoms with Gasteiger partial charge in [-0.1, -0.05) is 12.1 Å². The van der Waals surface area contributed by atoms with E-state index in [1.165, 1.54) is 34.3 Å². The molecule has 0 aliphatic heterocycles. The monoisotopic (exact) mass is 602 g/mol. The Morgan fingerprint density at radius 3 is 1.00 bits per heavy atom. The van der Waals surface area contributed by atoms with Crippen molar-refractivity contribution < 1.29 is 43.9 Å². The predicted octanol–water partition coefficient (Wildman–Crippen LogP) is 6.57. The highest BCUT2D eigenvalue weighted by Crippen LogP contribution is 2.26. The first kappa shape index (κ1) is 30.9. The average Bonchev–Trinajstić information content (AvgIpc) is 3.00. The SMILES string of the molecule is Fc1c(F)c(F)c(CN(CCN(Cc2ccccn2)Cc2c(F)c(F)c(F)c(F)c2F)Cc2ccccn2)c(F)c1F. The Hall–Kier alpha value is -4.04. The fourth-order valence-corrected chi connectivity index (χ4v) is 4.18. The second-order valence-corrected chi connectivity index (χ2v) is 9.16. The molecule has 0 saturated carbocycles. The molecule has 2 aromatic carbocycles. The molecule has 14 heteroatoms. The number of benzene rings is 2. The summed E-state index contributed by atoms with van der Waals surface area (Å²) < 4.78 is 141. The van der Waals surface area contributed by atoms with E-state index in [4.69, 9.17) is 0 Å². The van der Waals surface area contributed by atoms with Crippen LogP contribution >= 0.6 is 0 Å². The van der Waals surface area contributed by atoms with Crippen LogP contribution in [-0.2, 0) is 26.2 Å². The summed E-state index contributed by atoms with van der Waals surface area (Å²) >= 11 is 0. The molecule has 0 fully saturated rings. The zero-order valence-corrected chi connectivity index (χ0v) is 21.4. The van der Waals surface area contributed by atoms with Gasteiger partial charge >= 0.3 is 0 Å². The molecule has 0 unspecified atom stereocenters. The molecule has 222 valence electrons. The van der Waals surface area contributed by atoms with Gasteiger partial charge in [0.15, 0.2) is 46.5 Å². The molecule has 2 heterocycles. The summed E-state index contributed by atoms with van der Waals surface area (Å²) in [6.07, 6.45) is 2.81. The van der Waals surface area contributed by atoms with E-state index in [1.807, 2.05) is 0 Å². The zero-order valence-electron chi connectivity index (χ0n) is 21.4. The summed E-state index contributed by atoms with van der Waals surface area (Å²) in [5.41, 5.74) is -1.56. The lowest BCUT2D eigenvalue weighted by Crippen LogP contribution is -2.35. The minimum Gasteiger partial charge on any atom is -0.292 e. The van der Waals surface area contributed by atoms with E-state index >= 15 is 0 Å². The molecular weight excluding hydrogens is 582 g/mol. The number of hydrogen-bond acceptors (Lipinski definition) is 4. The molecule has 0 aliphatic carbocycles. The van der Waals surface area contributed by atoms with Crippen molar-refractivity contribution in [2.75, 3.05) is 13.1 Å². The quantitative estimate of drug-likeness (QED) is 0.111. The molecule has 0 atom stereocenters. The smallest absolute Gasteiger partial charge is 0.200 e. The standard InChI is InChI=1S/C28H20F10N4/c29-19-17(20(30)24(34)27(37)23(19)33)13-41(11-15-5-1-3-7-39-15)9-10-42(12-16-6-2-4-8-40-16)14-18-21(31)25(35)28(38)26(36)22(18)32/h1-8H,9-14H2. The molecule has 0 N–H and O–H groups in total. The van der Waals surface area contributed by atoms with Gasteiger partial charge < -0.3 is 0 Å². The second-order valence-electron chi connectivity index (χ2n) is 9.16. The van der Waals surface area contributed by atoms with Crippen molar-refractivity contribution in [3.63, 3.8) is 0 Å². The Balaban J connectivity index is 1.66. The van der Waals surface area contributed by atoms with Crippen LogP contribution in [0.4, 0.5) is 43.9 Å². The fraction of sp³-hybridized carbons (Fsp3) is 0.214. The van der Waals surface area contributed by atoms with Crippen LogP contribution in [0.15, 0.2) is 48.8 Å². The van der Waals surface area contributed by atoms with Gasteiger partial charge in [-0.05, 0) is 24.3 Å². The molecule has 0 aliphatic rings.